The van der Waals surface area contributed by atoms with E-state index in [1.165, 1.54) is 22.7 Å². The second-order valence-corrected chi connectivity index (χ2v) is 7.00. The highest BCUT2D eigenvalue weighted by Gasteiger charge is 2.32. The van der Waals surface area contributed by atoms with Crippen LogP contribution in [0.1, 0.15) is 18.4 Å². The van der Waals surface area contributed by atoms with Crippen molar-refractivity contribution in [3.05, 3.63) is 23.8 Å². The lowest BCUT2D eigenvalue weighted by atomic mass is 10.1. The summed E-state index contributed by atoms with van der Waals surface area (Å²) in [7, 11) is 0. The van der Waals surface area contributed by atoms with Crippen LogP contribution in [0.5, 0.6) is 0 Å². The number of carbonyl (C=O) groups excluding carboxylic acids is 2. The van der Waals surface area contributed by atoms with E-state index in [0.29, 0.717) is 17.3 Å². The molecule has 5 nitrogen and oxygen atoms in total. The molecule has 1 N–H and O–H groups in total. The van der Waals surface area contributed by atoms with Crippen LogP contribution in [-0.4, -0.2) is 48.0 Å². The van der Waals surface area contributed by atoms with Gasteiger partial charge in [0.2, 0.25) is 11.8 Å². The zero-order chi connectivity index (χ0) is 18.0. The number of rotatable bonds is 4. The molecule has 1 aromatic rings. The first-order valence-electron chi connectivity index (χ1n) is 7.96. The van der Waals surface area contributed by atoms with Crippen LogP contribution in [0, 0.1) is 0 Å². The molecule has 2 amide bonds. The molecular weight excluding hydrogens is 355 g/mol. The smallest absolute Gasteiger partial charge is 0.370 e. The molecule has 2 saturated heterocycles. The maximum Gasteiger partial charge on any atom is 0.416 e. The Morgan fingerprint density at radius 1 is 1.24 bits per heavy atom. The fourth-order valence-electron chi connectivity index (χ4n) is 2.95. The summed E-state index contributed by atoms with van der Waals surface area (Å²) in [5.74, 6) is 0.128. The molecule has 0 saturated carbocycles. The zero-order valence-electron chi connectivity index (χ0n) is 13.4. The second-order valence-electron chi connectivity index (χ2n) is 6.04. The van der Waals surface area contributed by atoms with Crippen LogP contribution in [0.4, 0.5) is 24.5 Å². The second kappa shape index (κ2) is 7.15. The molecule has 0 unspecified atom stereocenters. The third-order valence-electron chi connectivity index (χ3n) is 4.20. The first-order valence-corrected chi connectivity index (χ1v) is 9.11. The number of halogens is 3. The van der Waals surface area contributed by atoms with Gasteiger partial charge in [-0.3, -0.25) is 9.59 Å². The van der Waals surface area contributed by atoms with Crippen molar-refractivity contribution in [3.63, 3.8) is 0 Å². The molecule has 25 heavy (non-hydrogen) atoms. The largest absolute Gasteiger partial charge is 0.416 e. The van der Waals surface area contributed by atoms with Gasteiger partial charge in [0, 0.05) is 13.1 Å². The van der Waals surface area contributed by atoms with Gasteiger partial charge in [-0.15, -0.1) is 11.8 Å². The number of nitrogens with zero attached hydrogens (tertiary/aromatic N) is 2. The Bertz CT molecular complexity index is 675. The molecule has 3 rings (SSSR count). The monoisotopic (exact) mass is 373 g/mol. The van der Waals surface area contributed by atoms with Gasteiger partial charge in [-0.25, -0.2) is 0 Å². The SMILES string of the molecule is O=C(CN1CSCC1=O)Nc1cc(C(F)(F)F)ccc1N1CCCC1. The molecular formula is C16H18F3N3O2S. The summed E-state index contributed by atoms with van der Waals surface area (Å²) < 4.78 is 39.0. The van der Waals surface area contributed by atoms with Crippen molar-refractivity contribution in [1.82, 2.24) is 4.90 Å². The van der Waals surface area contributed by atoms with Crippen LogP contribution >= 0.6 is 11.8 Å². The lowest BCUT2D eigenvalue weighted by Gasteiger charge is -2.23. The van der Waals surface area contributed by atoms with Crippen molar-refractivity contribution < 1.29 is 22.8 Å². The molecule has 136 valence electrons. The highest BCUT2D eigenvalue weighted by atomic mass is 32.2. The molecule has 1 aromatic carbocycles. The molecule has 0 aromatic heterocycles. The Kier molecular flexibility index (Phi) is 5.12. The van der Waals surface area contributed by atoms with Gasteiger partial charge in [0.25, 0.3) is 0 Å². The van der Waals surface area contributed by atoms with E-state index in [-0.39, 0.29) is 18.1 Å². The van der Waals surface area contributed by atoms with E-state index in [0.717, 1.165) is 38.1 Å². The van der Waals surface area contributed by atoms with Crippen molar-refractivity contribution >= 4 is 35.0 Å². The minimum atomic E-state index is -4.48. The predicted molar refractivity (Wildman–Crippen MR) is 90.6 cm³/mol. The minimum Gasteiger partial charge on any atom is -0.370 e. The Labute approximate surface area is 147 Å². The first-order chi connectivity index (χ1) is 11.8. The lowest BCUT2D eigenvalue weighted by molar-refractivity contribution is -0.137. The van der Waals surface area contributed by atoms with Crippen molar-refractivity contribution in [2.75, 3.05) is 41.5 Å². The van der Waals surface area contributed by atoms with Gasteiger partial charge < -0.3 is 15.1 Å². The summed E-state index contributed by atoms with van der Waals surface area (Å²) in [4.78, 5) is 27.2. The fraction of sp³-hybridized carbons (Fsp3) is 0.500. The molecule has 2 aliphatic heterocycles. The maximum atomic E-state index is 13.0. The van der Waals surface area contributed by atoms with Crippen molar-refractivity contribution in [2.45, 2.75) is 19.0 Å². The third kappa shape index (κ3) is 4.20. The average molecular weight is 373 g/mol. The Morgan fingerprint density at radius 3 is 2.56 bits per heavy atom. The number of alkyl halides is 3. The molecule has 0 aliphatic carbocycles. The topological polar surface area (TPSA) is 52.7 Å². The quantitative estimate of drug-likeness (QED) is 0.882. The molecule has 0 radical (unpaired) electrons. The highest BCUT2D eigenvalue weighted by molar-refractivity contribution is 8.00. The molecule has 0 atom stereocenters. The lowest BCUT2D eigenvalue weighted by Crippen LogP contribution is -2.35. The van der Waals surface area contributed by atoms with Crippen LogP contribution in [0.25, 0.3) is 0 Å². The van der Waals surface area contributed by atoms with Gasteiger partial charge in [-0.2, -0.15) is 13.2 Å². The molecule has 0 spiro atoms. The summed E-state index contributed by atoms with van der Waals surface area (Å²) in [5.41, 5.74) is -0.0828. The van der Waals surface area contributed by atoms with Gasteiger partial charge >= 0.3 is 6.18 Å². The number of amides is 2. The Morgan fingerprint density at radius 2 is 1.96 bits per heavy atom. The van der Waals surface area contributed by atoms with Crippen molar-refractivity contribution in [1.29, 1.82) is 0 Å². The Hall–Kier alpha value is -1.90. The van der Waals surface area contributed by atoms with Crippen LogP contribution in [0.3, 0.4) is 0 Å². The van der Waals surface area contributed by atoms with E-state index >= 15 is 0 Å². The number of hydrogen-bond acceptors (Lipinski definition) is 4. The van der Waals surface area contributed by atoms with Crippen molar-refractivity contribution in [2.24, 2.45) is 0 Å². The van der Waals surface area contributed by atoms with Gasteiger partial charge in [-0.1, -0.05) is 0 Å². The number of hydrogen-bond donors (Lipinski definition) is 1. The number of nitrogens with one attached hydrogen (secondary N) is 1. The van der Waals surface area contributed by atoms with Crippen LogP contribution in [0.15, 0.2) is 18.2 Å². The van der Waals surface area contributed by atoms with Crippen LogP contribution in [0.2, 0.25) is 0 Å². The molecule has 2 fully saturated rings. The summed E-state index contributed by atoms with van der Waals surface area (Å²) >= 11 is 1.41. The van der Waals surface area contributed by atoms with Crippen LogP contribution in [-0.2, 0) is 15.8 Å². The number of anilines is 2. The third-order valence-corrected chi connectivity index (χ3v) is 5.15. The summed E-state index contributed by atoms with van der Waals surface area (Å²) in [6.07, 6.45) is -2.55. The van der Waals surface area contributed by atoms with E-state index < -0.39 is 17.6 Å². The van der Waals surface area contributed by atoms with Gasteiger partial charge in [0.05, 0.1) is 28.6 Å². The average Bonchev–Trinajstić information content (AvgIpc) is 3.19. The summed E-state index contributed by atoms with van der Waals surface area (Å²) in [5, 5.41) is 2.56. The molecule has 0 bridgehead atoms. The zero-order valence-corrected chi connectivity index (χ0v) is 14.3. The van der Waals surface area contributed by atoms with Gasteiger partial charge in [0.15, 0.2) is 0 Å². The van der Waals surface area contributed by atoms with E-state index in [9.17, 15) is 22.8 Å². The predicted octanol–water partition coefficient (Wildman–Crippen LogP) is 2.78. The maximum absolute atomic E-state index is 13.0. The summed E-state index contributed by atoms with van der Waals surface area (Å²) in [6, 6.07) is 3.40. The molecule has 2 aliphatic rings. The number of thioether (sulfide) groups is 1. The number of carbonyl (C=O) groups is 2. The fourth-order valence-corrected chi connectivity index (χ4v) is 3.85. The van der Waals surface area contributed by atoms with E-state index in [1.54, 1.807) is 0 Å². The normalized spacial score (nSPS) is 18.1. The molecule has 9 heteroatoms. The highest BCUT2D eigenvalue weighted by Crippen LogP contribution is 2.36. The van der Waals surface area contributed by atoms with E-state index in [2.05, 4.69) is 5.32 Å². The Balaban J connectivity index is 1.81. The van der Waals surface area contributed by atoms with Crippen LogP contribution < -0.4 is 10.2 Å². The standard InChI is InChI=1S/C16H18F3N3O2S/c17-16(18,19)11-3-4-13(21-5-1-2-6-21)12(7-11)20-14(23)8-22-10-25-9-15(22)24/h3-4,7H,1-2,5-6,8-10H2,(H,20,23). The number of benzene rings is 1. The van der Waals surface area contributed by atoms with Crippen molar-refractivity contribution in [3.8, 4) is 0 Å². The molecule has 2 heterocycles. The van der Waals surface area contributed by atoms with Gasteiger partial charge in [-0.05, 0) is 31.0 Å². The first kappa shape index (κ1) is 17.9. The summed E-state index contributed by atoms with van der Waals surface area (Å²) in [6.45, 7) is 1.34. The van der Waals surface area contributed by atoms with E-state index in [1.807, 2.05) is 4.90 Å². The minimum absolute atomic E-state index is 0.135. The van der Waals surface area contributed by atoms with E-state index in [4.69, 9.17) is 0 Å². The van der Waals surface area contributed by atoms with Gasteiger partial charge in [0.1, 0.15) is 6.54 Å².